The van der Waals surface area contributed by atoms with Crippen LogP contribution in [0.25, 0.3) is 0 Å². The normalized spacial score (nSPS) is 15.1. The van der Waals surface area contributed by atoms with Gasteiger partial charge in [0.2, 0.25) is 0 Å². The topological polar surface area (TPSA) is 37.3 Å². The third-order valence-electron chi connectivity index (χ3n) is 3.01. The third kappa shape index (κ3) is 6.01. The van der Waals surface area contributed by atoms with Crippen molar-refractivity contribution >= 4 is 5.97 Å². The molecular weight excluding hydrogens is 176 g/mol. The van der Waals surface area contributed by atoms with Gasteiger partial charge in [-0.1, -0.05) is 52.9 Å². The van der Waals surface area contributed by atoms with Crippen LogP contribution < -0.4 is 0 Å². The highest BCUT2D eigenvalue weighted by molar-refractivity contribution is 5.69. The van der Waals surface area contributed by atoms with E-state index in [2.05, 4.69) is 6.92 Å². The molecule has 2 nitrogen and oxygen atoms in total. The van der Waals surface area contributed by atoms with E-state index in [0.717, 1.165) is 6.42 Å². The predicted octanol–water partition coefficient (Wildman–Crippen LogP) is 3.70. The first-order valence-electron chi connectivity index (χ1n) is 5.82. The van der Waals surface area contributed by atoms with Crippen LogP contribution in [0.3, 0.4) is 0 Å². The van der Waals surface area contributed by atoms with Crippen molar-refractivity contribution in [3.8, 4) is 0 Å². The summed E-state index contributed by atoms with van der Waals surface area (Å²) in [5, 5.41) is 8.79. The molecule has 0 bridgehead atoms. The van der Waals surface area contributed by atoms with Gasteiger partial charge < -0.3 is 5.11 Å². The highest BCUT2D eigenvalue weighted by Gasteiger charge is 2.18. The molecule has 0 aromatic carbocycles. The van der Waals surface area contributed by atoms with Gasteiger partial charge in [0.05, 0.1) is 5.92 Å². The molecule has 1 N–H and O–H groups in total. The van der Waals surface area contributed by atoms with E-state index in [0.29, 0.717) is 5.92 Å². The number of unbranched alkanes of at least 4 members (excludes halogenated alkanes) is 4. The molecule has 0 amide bonds. The van der Waals surface area contributed by atoms with Crippen LogP contribution in [0.1, 0.15) is 59.3 Å². The molecule has 14 heavy (non-hydrogen) atoms. The Balaban J connectivity index is 3.43. The lowest BCUT2D eigenvalue weighted by Crippen LogP contribution is -2.17. The Bertz CT molecular complexity index is 154. The summed E-state index contributed by atoms with van der Waals surface area (Å²) in [6.45, 7) is 6.05. The Morgan fingerprint density at radius 1 is 1.14 bits per heavy atom. The minimum atomic E-state index is -0.661. The Morgan fingerprint density at radius 2 is 1.71 bits per heavy atom. The van der Waals surface area contributed by atoms with E-state index in [9.17, 15) is 4.79 Å². The molecule has 0 heterocycles. The summed E-state index contributed by atoms with van der Waals surface area (Å²) in [6.07, 6.45) is 7.36. The van der Waals surface area contributed by atoms with E-state index in [-0.39, 0.29) is 5.92 Å². The summed E-state index contributed by atoms with van der Waals surface area (Å²) in [6, 6.07) is 0. The second-order valence-electron chi connectivity index (χ2n) is 4.31. The molecule has 0 spiro atoms. The van der Waals surface area contributed by atoms with E-state index < -0.39 is 5.97 Å². The van der Waals surface area contributed by atoms with Gasteiger partial charge in [0.25, 0.3) is 0 Å². The van der Waals surface area contributed by atoms with Crippen LogP contribution in [0.2, 0.25) is 0 Å². The van der Waals surface area contributed by atoms with Gasteiger partial charge in [-0.15, -0.1) is 0 Å². The summed E-state index contributed by atoms with van der Waals surface area (Å²) in [7, 11) is 0. The van der Waals surface area contributed by atoms with Gasteiger partial charge in [0.15, 0.2) is 0 Å². The van der Waals surface area contributed by atoms with Crippen molar-refractivity contribution in [2.24, 2.45) is 11.8 Å². The van der Waals surface area contributed by atoms with Gasteiger partial charge in [-0.25, -0.2) is 0 Å². The smallest absolute Gasteiger partial charge is 0.306 e. The zero-order chi connectivity index (χ0) is 11.0. The number of carbonyl (C=O) groups is 1. The van der Waals surface area contributed by atoms with Gasteiger partial charge in [0, 0.05) is 0 Å². The molecule has 2 unspecified atom stereocenters. The van der Waals surface area contributed by atoms with E-state index >= 15 is 0 Å². The molecule has 0 aliphatic heterocycles. The SMILES string of the molecule is CCCCCCCC(C)C(C)C(=O)O. The number of hydrogen-bond acceptors (Lipinski definition) is 1. The number of aliphatic carboxylic acids is 1. The molecular formula is C12H24O2. The average Bonchev–Trinajstić information content (AvgIpc) is 2.16. The monoisotopic (exact) mass is 200 g/mol. The first-order valence-corrected chi connectivity index (χ1v) is 5.82. The Kier molecular flexibility index (Phi) is 7.54. The maximum atomic E-state index is 10.7. The van der Waals surface area contributed by atoms with Crippen LogP contribution >= 0.6 is 0 Å². The van der Waals surface area contributed by atoms with Crippen LogP contribution in [0.4, 0.5) is 0 Å². The van der Waals surface area contributed by atoms with Crippen molar-refractivity contribution in [2.45, 2.75) is 59.3 Å². The first-order chi connectivity index (χ1) is 6.59. The lowest BCUT2D eigenvalue weighted by atomic mass is 9.91. The summed E-state index contributed by atoms with van der Waals surface area (Å²) in [5.41, 5.74) is 0. The molecule has 0 rings (SSSR count). The lowest BCUT2D eigenvalue weighted by molar-refractivity contribution is -0.142. The fourth-order valence-electron chi connectivity index (χ4n) is 1.56. The van der Waals surface area contributed by atoms with Crippen LogP contribution in [0, 0.1) is 11.8 Å². The maximum Gasteiger partial charge on any atom is 0.306 e. The third-order valence-corrected chi connectivity index (χ3v) is 3.01. The van der Waals surface area contributed by atoms with Gasteiger partial charge in [-0.3, -0.25) is 4.79 Å². The zero-order valence-electron chi connectivity index (χ0n) is 9.75. The molecule has 0 aromatic rings. The standard InChI is InChI=1S/C12H24O2/c1-4-5-6-7-8-9-10(2)11(3)12(13)14/h10-11H,4-9H2,1-3H3,(H,13,14). The summed E-state index contributed by atoms with van der Waals surface area (Å²) in [5.74, 6) is -0.540. The second-order valence-corrected chi connectivity index (χ2v) is 4.31. The van der Waals surface area contributed by atoms with Crippen LogP contribution in [0.5, 0.6) is 0 Å². The van der Waals surface area contributed by atoms with Crippen LogP contribution in [-0.4, -0.2) is 11.1 Å². The summed E-state index contributed by atoms with van der Waals surface area (Å²) >= 11 is 0. The predicted molar refractivity (Wildman–Crippen MR) is 59.3 cm³/mol. The fraction of sp³-hybridized carbons (Fsp3) is 0.917. The number of carboxylic acid groups (broad SMARTS) is 1. The van der Waals surface area contributed by atoms with Crippen LogP contribution in [0.15, 0.2) is 0 Å². The summed E-state index contributed by atoms with van der Waals surface area (Å²) in [4.78, 5) is 10.7. The highest BCUT2D eigenvalue weighted by atomic mass is 16.4. The molecule has 84 valence electrons. The van der Waals surface area contributed by atoms with Crippen molar-refractivity contribution < 1.29 is 9.90 Å². The van der Waals surface area contributed by atoms with Crippen molar-refractivity contribution in [1.82, 2.24) is 0 Å². The van der Waals surface area contributed by atoms with Crippen molar-refractivity contribution in [1.29, 1.82) is 0 Å². The number of rotatable bonds is 8. The maximum absolute atomic E-state index is 10.7. The second kappa shape index (κ2) is 7.84. The lowest BCUT2D eigenvalue weighted by Gasteiger charge is -2.15. The molecule has 0 aliphatic carbocycles. The Hall–Kier alpha value is -0.530. The average molecular weight is 200 g/mol. The van der Waals surface area contributed by atoms with E-state index in [1.54, 1.807) is 6.92 Å². The molecule has 2 heteroatoms. The van der Waals surface area contributed by atoms with Crippen molar-refractivity contribution in [3.05, 3.63) is 0 Å². The quantitative estimate of drug-likeness (QED) is 0.606. The largest absolute Gasteiger partial charge is 0.481 e. The van der Waals surface area contributed by atoms with E-state index in [4.69, 9.17) is 5.11 Å². The molecule has 0 aliphatic rings. The molecule has 0 fully saturated rings. The van der Waals surface area contributed by atoms with Crippen molar-refractivity contribution in [3.63, 3.8) is 0 Å². The number of carboxylic acids is 1. The van der Waals surface area contributed by atoms with Gasteiger partial charge in [-0.05, 0) is 12.3 Å². The van der Waals surface area contributed by atoms with Gasteiger partial charge in [-0.2, -0.15) is 0 Å². The van der Waals surface area contributed by atoms with E-state index in [1.807, 2.05) is 6.92 Å². The number of hydrogen-bond donors (Lipinski definition) is 1. The summed E-state index contributed by atoms with van der Waals surface area (Å²) < 4.78 is 0. The Morgan fingerprint density at radius 3 is 2.21 bits per heavy atom. The molecule has 2 atom stereocenters. The minimum Gasteiger partial charge on any atom is -0.481 e. The van der Waals surface area contributed by atoms with Gasteiger partial charge >= 0.3 is 5.97 Å². The Labute approximate surface area is 87.7 Å². The molecule has 0 saturated heterocycles. The fourth-order valence-corrected chi connectivity index (χ4v) is 1.56. The van der Waals surface area contributed by atoms with Gasteiger partial charge in [0.1, 0.15) is 0 Å². The molecule has 0 radical (unpaired) electrons. The molecule has 0 aromatic heterocycles. The first kappa shape index (κ1) is 13.5. The van der Waals surface area contributed by atoms with Crippen LogP contribution in [-0.2, 0) is 4.79 Å². The van der Waals surface area contributed by atoms with Crippen molar-refractivity contribution in [2.75, 3.05) is 0 Å². The minimum absolute atomic E-state index is 0.193. The van der Waals surface area contributed by atoms with E-state index in [1.165, 1.54) is 32.1 Å². The highest BCUT2D eigenvalue weighted by Crippen LogP contribution is 2.19. The molecule has 0 saturated carbocycles. The zero-order valence-corrected chi connectivity index (χ0v) is 9.75.